The fraction of sp³-hybridized carbons (Fsp3) is 0.391. The highest BCUT2D eigenvalue weighted by Gasteiger charge is 2.15. The van der Waals surface area contributed by atoms with Crippen molar-refractivity contribution in [1.82, 2.24) is 9.55 Å². The minimum absolute atomic E-state index is 0.246. The molecule has 0 bridgehead atoms. The Morgan fingerprint density at radius 3 is 2.72 bits per heavy atom. The van der Waals surface area contributed by atoms with Crippen LogP contribution >= 0.6 is 11.6 Å². The van der Waals surface area contributed by atoms with E-state index >= 15 is 0 Å². The molecule has 5 nitrogen and oxygen atoms in total. The summed E-state index contributed by atoms with van der Waals surface area (Å²) in [6.07, 6.45) is 6.44. The lowest BCUT2D eigenvalue weighted by atomic mass is 9.90. The smallest absolute Gasteiger partial charge is 0.335 e. The van der Waals surface area contributed by atoms with E-state index in [9.17, 15) is 9.90 Å². The molecule has 1 saturated carbocycles. The molecular weight excluding hydrogens is 388 g/mol. The van der Waals surface area contributed by atoms with Crippen molar-refractivity contribution in [2.75, 3.05) is 6.61 Å². The van der Waals surface area contributed by atoms with Crippen LogP contribution in [0.3, 0.4) is 0 Å². The second-order valence-electron chi connectivity index (χ2n) is 7.82. The van der Waals surface area contributed by atoms with Crippen molar-refractivity contribution >= 4 is 28.6 Å². The summed E-state index contributed by atoms with van der Waals surface area (Å²) in [5.41, 5.74) is 2.75. The topological polar surface area (TPSA) is 64.3 Å². The summed E-state index contributed by atoms with van der Waals surface area (Å²) in [5.74, 6) is 1.31. The lowest BCUT2D eigenvalue weighted by molar-refractivity contribution is 0.0697. The van der Waals surface area contributed by atoms with Crippen LogP contribution in [0.25, 0.3) is 11.0 Å². The van der Waals surface area contributed by atoms with E-state index in [-0.39, 0.29) is 5.56 Å². The Morgan fingerprint density at radius 1 is 1.21 bits per heavy atom. The predicted octanol–water partition coefficient (Wildman–Crippen LogP) is 5.70. The van der Waals surface area contributed by atoms with Gasteiger partial charge in [-0.3, -0.25) is 0 Å². The highest BCUT2D eigenvalue weighted by atomic mass is 35.5. The minimum Gasteiger partial charge on any atom is -0.493 e. The van der Waals surface area contributed by atoms with E-state index in [1.165, 1.54) is 32.1 Å². The predicted molar refractivity (Wildman–Crippen MR) is 114 cm³/mol. The van der Waals surface area contributed by atoms with Gasteiger partial charge in [0.05, 0.1) is 29.7 Å². The van der Waals surface area contributed by atoms with E-state index < -0.39 is 5.97 Å². The van der Waals surface area contributed by atoms with E-state index in [0.717, 1.165) is 34.8 Å². The quantitative estimate of drug-likeness (QED) is 0.563. The molecule has 29 heavy (non-hydrogen) atoms. The number of aryl methyl sites for hydroxylation is 1. The summed E-state index contributed by atoms with van der Waals surface area (Å²) in [6.45, 7) is 3.18. The number of hydrogen-bond acceptors (Lipinski definition) is 3. The number of carboxylic acid groups (broad SMARTS) is 1. The maximum absolute atomic E-state index is 11.3. The lowest BCUT2D eigenvalue weighted by Gasteiger charge is -2.21. The molecular formula is C23H25ClN2O3. The van der Waals surface area contributed by atoms with Crippen molar-refractivity contribution in [2.45, 2.75) is 45.6 Å². The van der Waals surface area contributed by atoms with Crippen molar-refractivity contribution < 1.29 is 14.6 Å². The molecule has 0 spiro atoms. The Bertz CT molecular complexity index is 1040. The standard InChI is InChI=1S/C23H25ClN2O3/c1-15-25-21-10-8-17(23(27)28)11-22(21)26(15)13-18-7-9-19(12-20(18)24)29-14-16-5-3-2-4-6-16/h7-12,16H,2-6,13-14H2,1H3,(H,27,28). The molecule has 4 rings (SSSR count). The summed E-state index contributed by atoms with van der Waals surface area (Å²) in [7, 11) is 0. The van der Waals surface area contributed by atoms with Crippen molar-refractivity contribution in [1.29, 1.82) is 0 Å². The molecule has 1 aliphatic rings. The monoisotopic (exact) mass is 412 g/mol. The fourth-order valence-corrected chi connectivity index (χ4v) is 4.29. The molecule has 1 N–H and O–H groups in total. The third-order valence-electron chi connectivity index (χ3n) is 5.75. The van der Waals surface area contributed by atoms with Gasteiger partial charge in [0.15, 0.2) is 0 Å². The highest BCUT2D eigenvalue weighted by molar-refractivity contribution is 6.31. The van der Waals surface area contributed by atoms with E-state index in [2.05, 4.69) is 4.98 Å². The van der Waals surface area contributed by atoms with Gasteiger partial charge in [0, 0.05) is 5.02 Å². The van der Waals surface area contributed by atoms with Crippen LogP contribution in [0.2, 0.25) is 5.02 Å². The molecule has 1 aromatic heterocycles. The van der Waals surface area contributed by atoms with Crippen LogP contribution in [0.15, 0.2) is 36.4 Å². The molecule has 1 heterocycles. The molecule has 2 aromatic carbocycles. The van der Waals surface area contributed by atoms with Gasteiger partial charge in [-0.1, -0.05) is 36.9 Å². The van der Waals surface area contributed by atoms with Gasteiger partial charge in [0.25, 0.3) is 0 Å². The van der Waals surface area contributed by atoms with Gasteiger partial charge in [-0.25, -0.2) is 9.78 Å². The average Bonchev–Trinajstić information content (AvgIpc) is 3.03. The van der Waals surface area contributed by atoms with E-state index in [4.69, 9.17) is 16.3 Å². The summed E-state index contributed by atoms with van der Waals surface area (Å²) in [6, 6.07) is 10.8. The second kappa shape index (κ2) is 8.46. The number of ether oxygens (including phenoxy) is 1. The molecule has 0 atom stereocenters. The van der Waals surface area contributed by atoms with Crippen LogP contribution in [-0.4, -0.2) is 27.2 Å². The zero-order chi connectivity index (χ0) is 20.4. The molecule has 0 saturated heterocycles. The number of carboxylic acids is 1. The van der Waals surface area contributed by atoms with Crippen LogP contribution < -0.4 is 4.74 Å². The number of benzene rings is 2. The average molecular weight is 413 g/mol. The maximum atomic E-state index is 11.3. The minimum atomic E-state index is -0.949. The number of halogens is 1. The first kappa shape index (κ1) is 19.8. The molecule has 0 radical (unpaired) electrons. The van der Waals surface area contributed by atoms with Crippen molar-refractivity contribution in [3.8, 4) is 5.75 Å². The van der Waals surface area contributed by atoms with Crippen LogP contribution in [0, 0.1) is 12.8 Å². The van der Waals surface area contributed by atoms with Gasteiger partial charge in [-0.05, 0) is 61.6 Å². The molecule has 1 aliphatic carbocycles. The van der Waals surface area contributed by atoms with Crippen LogP contribution in [-0.2, 0) is 6.54 Å². The number of aromatic carboxylic acids is 1. The zero-order valence-electron chi connectivity index (χ0n) is 16.5. The molecule has 6 heteroatoms. The first-order valence-electron chi connectivity index (χ1n) is 10.1. The highest BCUT2D eigenvalue weighted by Crippen LogP contribution is 2.28. The number of nitrogens with zero attached hydrogens (tertiary/aromatic N) is 2. The van der Waals surface area contributed by atoms with Gasteiger partial charge >= 0.3 is 5.97 Å². The van der Waals surface area contributed by atoms with E-state index in [1.807, 2.05) is 29.7 Å². The second-order valence-corrected chi connectivity index (χ2v) is 8.23. The number of hydrogen-bond donors (Lipinski definition) is 1. The first-order chi connectivity index (χ1) is 14.0. The molecule has 0 aliphatic heterocycles. The van der Waals surface area contributed by atoms with E-state index in [1.54, 1.807) is 18.2 Å². The number of rotatable bonds is 6. The van der Waals surface area contributed by atoms with Gasteiger partial charge in [-0.15, -0.1) is 0 Å². The first-order valence-corrected chi connectivity index (χ1v) is 10.5. The largest absolute Gasteiger partial charge is 0.493 e. The van der Waals surface area contributed by atoms with Crippen LogP contribution in [0.5, 0.6) is 5.75 Å². The third-order valence-corrected chi connectivity index (χ3v) is 6.10. The van der Waals surface area contributed by atoms with Gasteiger partial charge in [0.2, 0.25) is 0 Å². The van der Waals surface area contributed by atoms with Crippen LogP contribution in [0.4, 0.5) is 0 Å². The lowest BCUT2D eigenvalue weighted by Crippen LogP contribution is -2.15. The van der Waals surface area contributed by atoms with Gasteiger partial charge in [0.1, 0.15) is 11.6 Å². The third kappa shape index (κ3) is 4.40. The van der Waals surface area contributed by atoms with Crippen molar-refractivity contribution in [2.24, 2.45) is 5.92 Å². The summed E-state index contributed by atoms with van der Waals surface area (Å²) in [5, 5.41) is 9.93. The fourth-order valence-electron chi connectivity index (χ4n) is 4.06. The summed E-state index contributed by atoms with van der Waals surface area (Å²) >= 11 is 6.55. The molecule has 0 unspecified atom stereocenters. The SMILES string of the molecule is Cc1nc2ccc(C(=O)O)cc2n1Cc1ccc(OCC2CCCCC2)cc1Cl. The van der Waals surface area contributed by atoms with Crippen molar-refractivity contribution in [3.63, 3.8) is 0 Å². The number of fused-ring (bicyclic) bond motifs is 1. The Kier molecular flexibility index (Phi) is 5.76. The van der Waals surface area contributed by atoms with Crippen molar-refractivity contribution in [3.05, 3.63) is 58.4 Å². The normalized spacial score (nSPS) is 15.0. The number of imidazole rings is 1. The zero-order valence-corrected chi connectivity index (χ0v) is 17.3. The number of carbonyl (C=O) groups is 1. The Hall–Kier alpha value is -2.53. The molecule has 0 amide bonds. The van der Waals surface area contributed by atoms with Gasteiger partial charge in [-0.2, -0.15) is 0 Å². The summed E-state index contributed by atoms with van der Waals surface area (Å²) in [4.78, 5) is 15.9. The maximum Gasteiger partial charge on any atom is 0.335 e. The summed E-state index contributed by atoms with van der Waals surface area (Å²) < 4.78 is 7.98. The Labute approximate surface area is 175 Å². The van der Waals surface area contributed by atoms with E-state index in [0.29, 0.717) is 17.5 Å². The van der Waals surface area contributed by atoms with Gasteiger partial charge < -0.3 is 14.4 Å². The Morgan fingerprint density at radius 2 is 2.00 bits per heavy atom. The molecule has 3 aromatic rings. The number of aromatic nitrogens is 2. The Balaban J connectivity index is 1.52. The molecule has 152 valence electrons. The molecule has 1 fully saturated rings. The van der Waals surface area contributed by atoms with Crippen LogP contribution in [0.1, 0.15) is 53.8 Å².